The molecular weight excluding hydrogens is 475 g/mol. The van der Waals surface area contributed by atoms with Crippen LogP contribution in [0, 0.1) is 6.92 Å². The van der Waals surface area contributed by atoms with Gasteiger partial charge in [-0.3, -0.25) is 4.79 Å². The predicted octanol–water partition coefficient (Wildman–Crippen LogP) is 4.28. The fourth-order valence-electron chi connectivity index (χ4n) is 3.48. The van der Waals surface area contributed by atoms with Crippen molar-refractivity contribution in [3.05, 3.63) is 70.7 Å². The molecule has 0 bridgehead atoms. The number of halogens is 3. The van der Waals surface area contributed by atoms with Gasteiger partial charge < -0.3 is 4.90 Å². The molecule has 0 atom stereocenters. The maximum atomic E-state index is 13.0. The molecule has 0 spiro atoms. The Morgan fingerprint density at radius 3 is 2.33 bits per heavy atom. The standard InChI is InChI=1S/C22H20F3N3O3S2/c1-15-5-7-16(8-6-15)20-26-19(14-32-20)21(29)27-9-11-28(12-10-27)33(30,31)18-4-2-3-17(13-18)22(23,24)25/h2-8,13-14H,9-12H2,1H3. The van der Waals surface area contributed by atoms with Gasteiger partial charge in [0.2, 0.25) is 10.0 Å². The molecule has 0 unspecified atom stereocenters. The van der Waals surface area contributed by atoms with Crippen molar-refractivity contribution in [3.63, 3.8) is 0 Å². The van der Waals surface area contributed by atoms with E-state index in [0.717, 1.165) is 33.6 Å². The second kappa shape index (κ2) is 8.88. The van der Waals surface area contributed by atoms with E-state index in [1.165, 1.54) is 16.2 Å². The van der Waals surface area contributed by atoms with E-state index in [9.17, 15) is 26.4 Å². The molecule has 1 saturated heterocycles. The van der Waals surface area contributed by atoms with Crippen LogP contribution in [-0.4, -0.2) is 54.7 Å². The summed E-state index contributed by atoms with van der Waals surface area (Å²) in [5.74, 6) is -0.305. The molecule has 1 amide bonds. The van der Waals surface area contributed by atoms with Crippen LogP contribution in [0.25, 0.3) is 10.6 Å². The van der Waals surface area contributed by atoms with Gasteiger partial charge in [0, 0.05) is 37.1 Å². The number of rotatable bonds is 4. The monoisotopic (exact) mass is 495 g/mol. The maximum Gasteiger partial charge on any atom is 0.416 e. The normalized spacial score (nSPS) is 15.6. The molecule has 0 saturated carbocycles. The minimum Gasteiger partial charge on any atom is -0.335 e. The van der Waals surface area contributed by atoms with Gasteiger partial charge in [0.15, 0.2) is 0 Å². The summed E-state index contributed by atoms with van der Waals surface area (Å²) in [6.07, 6.45) is -4.64. The highest BCUT2D eigenvalue weighted by Crippen LogP contribution is 2.31. The molecule has 1 fully saturated rings. The number of sulfonamides is 1. The first-order chi connectivity index (χ1) is 15.6. The van der Waals surface area contributed by atoms with Crippen molar-refractivity contribution in [1.82, 2.24) is 14.2 Å². The highest BCUT2D eigenvalue weighted by molar-refractivity contribution is 7.89. The number of hydrogen-bond donors (Lipinski definition) is 0. The highest BCUT2D eigenvalue weighted by atomic mass is 32.2. The molecule has 2 aromatic carbocycles. The van der Waals surface area contributed by atoms with Crippen molar-refractivity contribution >= 4 is 27.3 Å². The number of thiazole rings is 1. The maximum absolute atomic E-state index is 13.0. The zero-order valence-electron chi connectivity index (χ0n) is 17.5. The van der Waals surface area contributed by atoms with E-state index >= 15 is 0 Å². The lowest BCUT2D eigenvalue weighted by Crippen LogP contribution is -2.50. The summed E-state index contributed by atoms with van der Waals surface area (Å²) < 4.78 is 65.7. The number of nitrogens with zero attached hydrogens (tertiary/aromatic N) is 3. The van der Waals surface area contributed by atoms with E-state index in [1.807, 2.05) is 31.2 Å². The Hall–Kier alpha value is -2.76. The number of aryl methyl sites for hydroxylation is 1. The molecule has 6 nitrogen and oxygen atoms in total. The minimum atomic E-state index is -4.64. The average molecular weight is 496 g/mol. The minimum absolute atomic E-state index is 0.0146. The summed E-state index contributed by atoms with van der Waals surface area (Å²) in [5.41, 5.74) is 1.28. The Labute approximate surface area is 193 Å². The second-order valence-electron chi connectivity index (χ2n) is 7.63. The topological polar surface area (TPSA) is 70.6 Å². The summed E-state index contributed by atoms with van der Waals surface area (Å²) >= 11 is 1.35. The fraction of sp³-hybridized carbons (Fsp3) is 0.273. The van der Waals surface area contributed by atoms with Crippen molar-refractivity contribution in [2.45, 2.75) is 18.0 Å². The van der Waals surface area contributed by atoms with Crippen LogP contribution in [0.15, 0.2) is 58.8 Å². The predicted molar refractivity (Wildman–Crippen MR) is 118 cm³/mol. The van der Waals surface area contributed by atoms with Crippen LogP contribution in [0.5, 0.6) is 0 Å². The lowest BCUT2D eigenvalue weighted by Gasteiger charge is -2.33. The Morgan fingerprint density at radius 1 is 1.03 bits per heavy atom. The fourth-order valence-corrected chi connectivity index (χ4v) is 5.74. The van der Waals surface area contributed by atoms with Gasteiger partial charge in [0.25, 0.3) is 5.91 Å². The van der Waals surface area contributed by atoms with Gasteiger partial charge in [-0.2, -0.15) is 17.5 Å². The number of alkyl halides is 3. The van der Waals surface area contributed by atoms with Gasteiger partial charge in [0.1, 0.15) is 10.7 Å². The van der Waals surface area contributed by atoms with E-state index in [4.69, 9.17) is 0 Å². The molecule has 2 heterocycles. The first kappa shape index (κ1) is 23.4. The molecule has 0 N–H and O–H groups in total. The highest BCUT2D eigenvalue weighted by Gasteiger charge is 2.34. The summed E-state index contributed by atoms with van der Waals surface area (Å²) in [4.78, 5) is 18.4. The largest absolute Gasteiger partial charge is 0.416 e. The number of amides is 1. The Morgan fingerprint density at radius 2 is 1.70 bits per heavy atom. The van der Waals surface area contributed by atoms with Crippen LogP contribution in [0.2, 0.25) is 0 Å². The van der Waals surface area contributed by atoms with Crippen LogP contribution in [-0.2, 0) is 16.2 Å². The first-order valence-electron chi connectivity index (χ1n) is 10.0. The molecule has 174 valence electrons. The van der Waals surface area contributed by atoms with Crippen LogP contribution in [0.3, 0.4) is 0 Å². The molecule has 1 aromatic heterocycles. The molecule has 0 radical (unpaired) electrons. The quantitative estimate of drug-likeness (QED) is 0.542. The van der Waals surface area contributed by atoms with Crippen molar-refractivity contribution in [2.75, 3.05) is 26.2 Å². The lowest BCUT2D eigenvalue weighted by atomic mass is 10.2. The number of carbonyl (C=O) groups excluding carboxylic acids is 1. The zero-order chi connectivity index (χ0) is 23.8. The molecule has 1 aliphatic heterocycles. The molecule has 0 aliphatic carbocycles. The van der Waals surface area contributed by atoms with Crippen molar-refractivity contribution in [1.29, 1.82) is 0 Å². The summed E-state index contributed by atoms with van der Waals surface area (Å²) in [6.45, 7) is 2.19. The average Bonchev–Trinajstić information content (AvgIpc) is 3.29. The van der Waals surface area contributed by atoms with Crippen LogP contribution in [0.4, 0.5) is 13.2 Å². The lowest BCUT2D eigenvalue weighted by molar-refractivity contribution is -0.137. The SMILES string of the molecule is Cc1ccc(-c2nc(C(=O)N3CCN(S(=O)(=O)c4cccc(C(F)(F)F)c4)CC3)cs2)cc1. The van der Waals surface area contributed by atoms with Crippen molar-refractivity contribution in [3.8, 4) is 10.6 Å². The van der Waals surface area contributed by atoms with Gasteiger partial charge in [-0.1, -0.05) is 35.9 Å². The third kappa shape index (κ3) is 4.94. The van der Waals surface area contributed by atoms with E-state index in [0.29, 0.717) is 11.1 Å². The Bertz CT molecular complexity index is 1260. The third-order valence-electron chi connectivity index (χ3n) is 5.35. The molecule has 3 aromatic rings. The molecule has 11 heteroatoms. The van der Waals surface area contributed by atoms with Crippen molar-refractivity contribution in [2.24, 2.45) is 0 Å². The van der Waals surface area contributed by atoms with Crippen LogP contribution in [0.1, 0.15) is 21.6 Å². The van der Waals surface area contributed by atoms with Gasteiger partial charge >= 0.3 is 6.18 Å². The molecule has 1 aliphatic rings. The molecular formula is C22H20F3N3O3S2. The summed E-state index contributed by atoms with van der Waals surface area (Å²) in [5, 5.41) is 2.38. The second-order valence-corrected chi connectivity index (χ2v) is 10.4. The summed E-state index contributed by atoms with van der Waals surface area (Å²) in [6, 6.07) is 11.5. The van der Waals surface area contributed by atoms with Gasteiger partial charge in [0.05, 0.1) is 10.5 Å². The number of benzene rings is 2. The summed E-state index contributed by atoms with van der Waals surface area (Å²) in [7, 11) is -4.11. The zero-order valence-corrected chi connectivity index (χ0v) is 19.2. The molecule has 4 rings (SSSR count). The van der Waals surface area contributed by atoms with E-state index in [2.05, 4.69) is 4.98 Å². The Balaban J connectivity index is 1.43. The van der Waals surface area contributed by atoms with Crippen LogP contribution < -0.4 is 0 Å². The van der Waals surface area contributed by atoms with Crippen LogP contribution >= 0.6 is 11.3 Å². The van der Waals surface area contributed by atoms with Gasteiger partial charge in [-0.15, -0.1) is 11.3 Å². The Kier molecular flexibility index (Phi) is 6.30. The number of carbonyl (C=O) groups is 1. The van der Waals surface area contributed by atoms with E-state index in [1.54, 1.807) is 5.38 Å². The van der Waals surface area contributed by atoms with Gasteiger partial charge in [-0.25, -0.2) is 13.4 Å². The number of aromatic nitrogens is 1. The molecule has 33 heavy (non-hydrogen) atoms. The third-order valence-corrected chi connectivity index (χ3v) is 8.13. The van der Waals surface area contributed by atoms with E-state index < -0.39 is 26.7 Å². The number of piperazine rings is 1. The van der Waals surface area contributed by atoms with Crippen molar-refractivity contribution < 1.29 is 26.4 Å². The smallest absolute Gasteiger partial charge is 0.335 e. The number of hydrogen-bond acceptors (Lipinski definition) is 5. The van der Waals surface area contributed by atoms with E-state index in [-0.39, 0.29) is 37.8 Å². The van der Waals surface area contributed by atoms with Gasteiger partial charge in [-0.05, 0) is 25.1 Å². The first-order valence-corrected chi connectivity index (χ1v) is 12.4.